The van der Waals surface area contributed by atoms with Crippen molar-refractivity contribution in [1.29, 1.82) is 0 Å². The highest BCUT2D eigenvalue weighted by atomic mass is 32.2. The molecule has 0 spiro atoms. The van der Waals surface area contributed by atoms with Crippen molar-refractivity contribution >= 4 is 33.9 Å². The van der Waals surface area contributed by atoms with Crippen molar-refractivity contribution in [2.75, 3.05) is 12.3 Å². The van der Waals surface area contributed by atoms with Gasteiger partial charge in [0.25, 0.3) is 5.91 Å². The van der Waals surface area contributed by atoms with E-state index < -0.39 is 0 Å². The molecule has 0 saturated heterocycles. The number of nitrogens with one attached hydrogen (secondary N) is 1. The molecular formula is C19H19N5OS. The lowest BCUT2D eigenvalue weighted by atomic mass is 10.1. The van der Waals surface area contributed by atoms with Crippen molar-refractivity contribution in [2.45, 2.75) is 20.4 Å². The molecule has 1 amide bonds. The molecule has 7 heteroatoms. The van der Waals surface area contributed by atoms with E-state index in [0.29, 0.717) is 17.3 Å². The number of carbonyl (C=O) groups is 1. The Hall–Kier alpha value is -2.67. The first kappa shape index (κ1) is 16.8. The highest BCUT2D eigenvalue weighted by Crippen LogP contribution is 2.20. The van der Waals surface area contributed by atoms with Crippen LogP contribution in [0.25, 0.3) is 11.0 Å². The van der Waals surface area contributed by atoms with Crippen LogP contribution >= 0.6 is 11.8 Å². The summed E-state index contributed by atoms with van der Waals surface area (Å²) in [6.45, 7) is 5.32. The molecule has 0 saturated carbocycles. The smallest absolute Gasteiger partial charge is 0.258 e. The van der Waals surface area contributed by atoms with Gasteiger partial charge in [0.1, 0.15) is 0 Å². The van der Waals surface area contributed by atoms with E-state index in [2.05, 4.69) is 51.6 Å². The number of benzene rings is 1. The summed E-state index contributed by atoms with van der Waals surface area (Å²) in [5.74, 6) is 0.748. The van der Waals surface area contributed by atoms with Gasteiger partial charge in [-0.15, -0.1) is 0 Å². The fraction of sp³-hybridized carbons (Fsp3) is 0.263. The van der Waals surface area contributed by atoms with Gasteiger partial charge in [-0.1, -0.05) is 41.6 Å². The van der Waals surface area contributed by atoms with Crippen LogP contribution in [0, 0.1) is 13.8 Å². The number of rotatable bonds is 3. The van der Waals surface area contributed by atoms with Crippen LogP contribution in [0.2, 0.25) is 0 Å². The number of aryl methyl sites for hydroxylation is 2. The lowest BCUT2D eigenvalue weighted by molar-refractivity contribution is 0.0979. The van der Waals surface area contributed by atoms with Crippen LogP contribution in [-0.4, -0.2) is 38.1 Å². The zero-order chi connectivity index (χ0) is 18.1. The van der Waals surface area contributed by atoms with Crippen molar-refractivity contribution in [2.24, 2.45) is 4.99 Å². The van der Waals surface area contributed by atoms with Gasteiger partial charge < -0.3 is 5.32 Å². The van der Waals surface area contributed by atoms with E-state index in [1.54, 1.807) is 24.0 Å². The zero-order valence-electron chi connectivity index (χ0n) is 14.7. The minimum Gasteiger partial charge on any atom is -0.301 e. The number of thioether (sulfide) groups is 1. The van der Waals surface area contributed by atoms with Gasteiger partial charge in [0.15, 0.2) is 10.8 Å². The second-order valence-electron chi connectivity index (χ2n) is 6.33. The van der Waals surface area contributed by atoms with E-state index in [9.17, 15) is 4.79 Å². The number of pyridine rings is 1. The predicted molar refractivity (Wildman–Crippen MR) is 105 cm³/mol. The maximum absolute atomic E-state index is 12.7. The van der Waals surface area contributed by atoms with E-state index in [1.165, 1.54) is 5.56 Å². The Labute approximate surface area is 155 Å². The average molecular weight is 365 g/mol. The molecule has 3 heterocycles. The van der Waals surface area contributed by atoms with Gasteiger partial charge in [0.05, 0.1) is 30.2 Å². The van der Waals surface area contributed by atoms with E-state index in [4.69, 9.17) is 0 Å². The number of carbonyl (C=O) groups excluding carboxylic acids is 1. The minimum absolute atomic E-state index is 0.163. The highest BCUT2D eigenvalue weighted by Gasteiger charge is 2.18. The number of amidine groups is 1. The second kappa shape index (κ2) is 6.92. The molecule has 4 rings (SSSR count). The van der Waals surface area contributed by atoms with Crippen molar-refractivity contribution in [3.05, 3.63) is 58.9 Å². The Morgan fingerprint density at radius 3 is 2.81 bits per heavy atom. The number of hydrogen-bond acceptors (Lipinski definition) is 5. The fourth-order valence-corrected chi connectivity index (χ4v) is 3.64. The first-order valence-corrected chi connectivity index (χ1v) is 9.46. The Balaban J connectivity index is 1.68. The number of fused-ring (bicyclic) bond motifs is 1. The van der Waals surface area contributed by atoms with Crippen LogP contribution in [-0.2, 0) is 6.54 Å². The third-order valence-corrected chi connectivity index (χ3v) is 5.13. The highest BCUT2D eigenvalue weighted by molar-refractivity contribution is 8.14. The summed E-state index contributed by atoms with van der Waals surface area (Å²) in [6.07, 6.45) is 1.72. The SMILES string of the molecule is Cc1ccc(Cn2ncc3c(C(=O)NC4=NCCS4)cc(C)nc32)cc1. The summed E-state index contributed by atoms with van der Waals surface area (Å²) < 4.78 is 1.84. The Bertz CT molecular complexity index is 1010. The molecule has 132 valence electrons. The summed E-state index contributed by atoms with van der Waals surface area (Å²) >= 11 is 1.56. The minimum atomic E-state index is -0.163. The van der Waals surface area contributed by atoms with Gasteiger partial charge in [0.2, 0.25) is 0 Å². The lowest BCUT2D eigenvalue weighted by Gasteiger charge is -2.08. The molecule has 0 radical (unpaired) electrons. The van der Waals surface area contributed by atoms with Crippen LogP contribution in [0.4, 0.5) is 0 Å². The third-order valence-electron chi connectivity index (χ3n) is 4.24. The molecule has 0 unspecified atom stereocenters. The van der Waals surface area contributed by atoms with Crippen LogP contribution in [0.5, 0.6) is 0 Å². The van der Waals surface area contributed by atoms with E-state index >= 15 is 0 Å². The van der Waals surface area contributed by atoms with E-state index in [-0.39, 0.29) is 5.91 Å². The average Bonchev–Trinajstić information content (AvgIpc) is 3.26. The summed E-state index contributed by atoms with van der Waals surface area (Å²) in [7, 11) is 0. The van der Waals surface area contributed by atoms with Gasteiger partial charge in [-0.25, -0.2) is 9.67 Å². The number of aliphatic imine (C=N–C) groups is 1. The quantitative estimate of drug-likeness (QED) is 0.775. The molecular weight excluding hydrogens is 346 g/mol. The molecule has 1 aliphatic heterocycles. The molecule has 0 fully saturated rings. The fourth-order valence-electron chi connectivity index (χ4n) is 2.92. The van der Waals surface area contributed by atoms with Gasteiger partial charge in [0, 0.05) is 11.4 Å². The molecule has 3 aromatic rings. The summed E-state index contributed by atoms with van der Waals surface area (Å²) in [5.41, 5.74) is 4.45. The van der Waals surface area contributed by atoms with Crippen molar-refractivity contribution in [3.8, 4) is 0 Å². The molecule has 0 atom stereocenters. The maximum Gasteiger partial charge on any atom is 0.258 e. The molecule has 1 N–H and O–H groups in total. The number of aromatic nitrogens is 3. The largest absolute Gasteiger partial charge is 0.301 e. The van der Waals surface area contributed by atoms with E-state index in [1.807, 2.05) is 11.6 Å². The number of hydrogen-bond donors (Lipinski definition) is 1. The molecule has 0 aliphatic carbocycles. The number of nitrogens with zero attached hydrogens (tertiary/aromatic N) is 4. The van der Waals surface area contributed by atoms with Crippen LogP contribution < -0.4 is 5.32 Å². The van der Waals surface area contributed by atoms with Gasteiger partial charge in [-0.2, -0.15) is 5.10 Å². The topological polar surface area (TPSA) is 72.2 Å². The number of amides is 1. The van der Waals surface area contributed by atoms with Crippen molar-refractivity contribution in [1.82, 2.24) is 20.1 Å². The normalized spacial score (nSPS) is 13.8. The summed E-state index contributed by atoms with van der Waals surface area (Å²) in [4.78, 5) is 21.6. The lowest BCUT2D eigenvalue weighted by Crippen LogP contribution is -2.27. The predicted octanol–water partition coefficient (Wildman–Crippen LogP) is 2.93. The molecule has 2 aromatic heterocycles. The third kappa shape index (κ3) is 3.35. The molecule has 1 aliphatic rings. The Morgan fingerprint density at radius 2 is 2.08 bits per heavy atom. The second-order valence-corrected chi connectivity index (χ2v) is 7.41. The summed E-state index contributed by atoms with van der Waals surface area (Å²) in [5, 5.41) is 8.80. The van der Waals surface area contributed by atoms with Crippen LogP contribution in [0.1, 0.15) is 27.2 Å². The van der Waals surface area contributed by atoms with Gasteiger partial charge >= 0.3 is 0 Å². The van der Waals surface area contributed by atoms with Crippen molar-refractivity contribution in [3.63, 3.8) is 0 Å². The van der Waals surface area contributed by atoms with Crippen molar-refractivity contribution < 1.29 is 4.79 Å². The van der Waals surface area contributed by atoms with Crippen LogP contribution in [0.3, 0.4) is 0 Å². The molecule has 1 aromatic carbocycles. The maximum atomic E-state index is 12.7. The monoisotopic (exact) mass is 365 g/mol. The molecule has 26 heavy (non-hydrogen) atoms. The first-order chi connectivity index (χ1) is 12.6. The van der Waals surface area contributed by atoms with E-state index in [0.717, 1.165) is 34.6 Å². The Morgan fingerprint density at radius 1 is 1.27 bits per heavy atom. The molecule has 0 bridgehead atoms. The summed E-state index contributed by atoms with van der Waals surface area (Å²) in [6, 6.07) is 10.1. The van der Waals surface area contributed by atoms with Gasteiger partial charge in [-0.05, 0) is 25.5 Å². The standard InChI is InChI=1S/C19H19N5OS/c1-12-3-5-14(6-4-12)11-24-17-16(10-21-24)15(9-13(2)22-17)18(25)23-19-20-7-8-26-19/h3-6,9-10H,7-8,11H2,1-2H3,(H,20,23,25). The zero-order valence-corrected chi connectivity index (χ0v) is 15.5. The molecule has 6 nitrogen and oxygen atoms in total. The van der Waals surface area contributed by atoms with Gasteiger partial charge in [-0.3, -0.25) is 9.79 Å². The first-order valence-electron chi connectivity index (χ1n) is 8.47. The Kier molecular flexibility index (Phi) is 4.46. The van der Waals surface area contributed by atoms with Crippen LogP contribution in [0.15, 0.2) is 41.5 Å².